The molecule has 0 saturated carbocycles. The quantitative estimate of drug-likeness (QED) is 0.865. The first-order chi connectivity index (χ1) is 13.6. The molecule has 1 saturated heterocycles. The molecule has 2 aliphatic heterocycles. The maximum absolute atomic E-state index is 12.7. The Hall–Kier alpha value is -3.02. The molecule has 0 bridgehead atoms. The molecule has 6 heteroatoms. The topological polar surface area (TPSA) is 67.9 Å². The van der Waals surface area contributed by atoms with E-state index in [-0.39, 0.29) is 30.4 Å². The molecule has 0 aromatic heterocycles. The van der Waals surface area contributed by atoms with Crippen LogP contribution in [-0.4, -0.2) is 48.6 Å². The minimum atomic E-state index is -0.524. The zero-order chi connectivity index (χ0) is 19.5. The van der Waals surface area contributed by atoms with Crippen LogP contribution in [0.25, 0.3) is 0 Å². The lowest BCUT2D eigenvalue weighted by Crippen LogP contribution is -2.45. The zero-order valence-corrected chi connectivity index (χ0v) is 15.8. The van der Waals surface area contributed by atoms with Crippen LogP contribution in [0.2, 0.25) is 0 Å². The fraction of sp³-hybridized carbons (Fsp3) is 0.364. The fourth-order valence-electron chi connectivity index (χ4n) is 3.79. The van der Waals surface area contributed by atoms with E-state index in [1.165, 1.54) is 0 Å². The molecule has 0 radical (unpaired) electrons. The predicted molar refractivity (Wildman–Crippen MR) is 104 cm³/mol. The fourth-order valence-corrected chi connectivity index (χ4v) is 3.79. The number of hydrogen-bond donors (Lipinski definition) is 1. The van der Waals surface area contributed by atoms with Gasteiger partial charge >= 0.3 is 0 Å². The number of benzene rings is 2. The van der Waals surface area contributed by atoms with E-state index in [0.29, 0.717) is 18.8 Å². The summed E-state index contributed by atoms with van der Waals surface area (Å²) in [7, 11) is 0. The van der Waals surface area contributed by atoms with Crippen molar-refractivity contribution in [1.82, 2.24) is 10.2 Å². The van der Waals surface area contributed by atoms with Crippen LogP contribution in [0, 0.1) is 0 Å². The standard InChI is InChI=1S/C22H24N2O4/c1-15-18-9-5-6-10-19(18)28-21(15)22(26)23-16-11-12-24(13-16)20(25)14-27-17-7-3-2-4-8-17/h2-10,15-16,21H,11-14H2,1H3,(H,23,26). The summed E-state index contributed by atoms with van der Waals surface area (Å²) in [6.45, 7) is 3.12. The van der Waals surface area contributed by atoms with Crippen molar-refractivity contribution in [3.8, 4) is 11.5 Å². The average Bonchev–Trinajstić information content (AvgIpc) is 3.32. The highest BCUT2D eigenvalue weighted by molar-refractivity contribution is 5.84. The maximum Gasteiger partial charge on any atom is 0.261 e. The summed E-state index contributed by atoms with van der Waals surface area (Å²) >= 11 is 0. The summed E-state index contributed by atoms with van der Waals surface area (Å²) in [5, 5.41) is 3.05. The van der Waals surface area contributed by atoms with Crippen LogP contribution < -0.4 is 14.8 Å². The molecule has 2 aliphatic rings. The van der Waals surface area contributed by atoms with Crippen molar-refractivity contribution in [3.63, 3.8) is 0 Å². The van der Waals surface area contributed by atoms with Gasteiger partial charge in [-0.15, -0.1) is 0 Å². The van der Waals surface area contributed by atoms with Crippen molar-refractivity contribution in [2.45, 2.75) is 31.4 Å². The number of hydrogen-bond acceptors (Lipinski definition) is 4. The summed E-state index contributed by atoms with van der Waals surface area (Å²) in [4.78, 5) is 26.8. The van der Waals surface area contributed by atoms with Gasteiger partial charge in [-0.25, -0.2) is 0 Å². The number of nitrogens with zero attached hydrogens (tertiary/aromatic N) is 1. The number of ether oxygens (including phenoxy) is 2. The lowest BCUT2D eigenvalue weighted by Gasteiger charge is -2.20. The van der Waals surface area contributed by atoms with Gasteiger partial charge in [-0.1, -0.05) is 43.3 Å². The lowest BCUT2D eigenvalue weighted by atomic mass is 9.97. The molecule has 1 N–H and O–H groups in total. The molecule has 2 heterocycles. The number of carbonyl (C=O) groups excluding carboxylic acids is 2. The highest BCUT2D eigenvalue weighted by atomic mass is 16.5. The Bertz CT molecular complexity index is 855. The van der Waals surface area contributed by atoms with Crippen LogP contribution in [0.3, 0.4) is 0 Å². The molecule has 146 valence electrons. The lowest BCUT2D eigenvalue weighted by molar-refractivity contribution is -0.133. The number of para-hydroxylation sites is 2. The van der Waals surface area contributed by atoms with Gasteiger partial charge in [-0.05, 0) is 24.6 Å². The smallest absolute Gasteiger partial charge is 0.261 e. The van der Waals surface area contributed by atoms with Gasteiger partial charge in [0.15, 0.2) is 12.7 Å². The molecule has 3 unspecified atom stereocenters. The van der Waals surface area contributed by atoms with Gasteiger partial charge in [-0.3, -0.25) is 9.59 Å². The van der Waals surface area contributed by atoms with Gasteiger partial charge in [0.05, 0.1) is 0 Å². The second kappa shape index (κ2) is 7.92. The molecule has 2 amide bonds. The SMILES string of the molecule is CC1c2ccccc2OC1C(=O)NC1CCN(C(=O)COc2ccccc2)C1. The van der Waals surface area contributed by atoms with Crippen molar-refractivity contribution < 1.29 is 19.1 Å². The first-order valence-electron chi connectivity index (χ1n) is 9.63. The molecule has 4 rings (SSSR count). The van der Waals surface area contributed by atoms with Crippen molar-refractivity contribution in [3.05, 3.63) is 60.2 Å². The number of fused-ring (bicyclic) bond motifs is 1. The van der Waals surface area contributed by atoms with Gasteiger partial charge < -0.3 is 19.7 Å². The highest BCUT2D eigenvalue weighted by Crippen LogP contribution is 2.37. The predicted octanol–water partition coefficient (Wildman–Crippen LogP) is 2.35. The van der Waals surface area contributed by atoms with Crippen molar-refractivity contribution in [1.29, 1.82) is 0 Å². The molecule has 0 spiro atoms. The Morgan fingerprint density at radius 1 is 1.14 bits per heavy atom. The largest absolute Gasteiger partial charge is 0.484 e. The van der Waals surface area contributed by atoms with E-state index in [1.54, 1.807) is 4.90 Å². The minimum Gasteiger partial charge on any atom is -0.484 e. The van der Waals surface area contributed by atoms with Crippen molar-refractivity contribution >= 4 is 11.8 Å². The Morgan fingerprint density at radius 3 is 2.68 bits per heavy atom. The number of likely N-dealkylation sites (tertiary alicyclic amines) is 1. The van der Waals surface area contributed by atoms with Gasteiger partial charge in [0.2, 0.25) is 0 Å². The van der Waals surface area contributed by atoms with Crippen LogP contribution in [0.1, 0.15) is 24.8 Å². The minimum absolute atomic E-state index is 0.00274. The van der Waals surface area contributed by atoms with Gasteiger partial charge in [0.1, 0.15) is 11.5 Å². The Kier molecular flexibility index (Phi) is 5.19. The summed E-state index contributed by atoms with van der Waals surface area (Å²) in [5.41, 5.74) is 1.06. The van der Waals surface area contributed by atoms with Gasteiger partial charge in [0, 0.05) is 30.6 Å². The van der Waals surface area contributed by atoms with E-state index < -0.39 is 6.10 Å². The number of nitrogens with one attached hydrogen (secondary N) is 1. The van der Waals surface area contributed by atoms with E-state index in [0.717, 1.165) is 17.7 Å². The molecule has 3 atom stereocenters. The van der Waals surface area contributed by atoms with Crippen LogP contribution in [0.4, 0.5) is 0 Å². The molecular formula is C22H24N2O4. The van der Waals surface area contributed by atoms with E-state index in [1.807, 2.05) is 61.5 Å². The molecule has 28 heavy (non-hydrogen) atoms. The van der Waals surface area contributed by atoms with Crippen LogP contribution in [0.15, 0.2) is 54.6 Å². The van der Waals surface area contributed by atoms with E-state index in [2.05, 4.69) is 5.32 Å². The van der Waals surface area contributed by atoms with E-state index >= 15 is 0 Å². The van der Waals surface area contributed by atoms with Crippen LogP contribution in [0.5, 0.6) is 11.5 Å². The number of rotatable bonds is 5. The number of carbonyl (C=O) groups is 2. The molecule has 6 nitrogen and oxygen atoms in total. The van der Waals surface area contributed by atoms with Crippen LogP contribution >= 0.6 is 0 Å². The maximum atomic E-state index is 12.7. The molecular weight excluding hydrogens is 356 g/mol. The molecule has 0 aliphatic carbocycles. The van der Waals surface area contributed by atoms with E-state index in [4.69, 9.17) is 9.47 Å². The third kappa shape index (κ3) is 3.81. The van der Waals surface area contributed by atoms with Crippen molar-refractivity contribution in [2.75, 3.05) is 19.7 Å². The third-order valence-corrected chi connectivity index (χ3v) is 5.37. The summed E-state index contributed by atoms with van der Waals surface area (Å²) in [6.07, 6.45) is 0.209. The normalized spacial score (nSPS) is 23.0. The molecule has 2 aromatic rings. The first kappa shape index (κ1) is 18.3. The van der Waals surface area contributed by atoms with E-state index in [9.17, 15) is 9.59 Å². The second-order valence-corrected chi connectivity index (χ2v) is 7.30. The Labute approximate surface area is 164 Å². The highest BCUT2D eigenvalue weighted by Gasteiger charge is 2.38. The van der Waals surface area contributed by atoms with Gasteiger partial charge in [0.25, 0.3) is 11.8 Å². The monoisotopic (exact) mass is 380 g/mol. The third-order valence-electron chi connectivity index (χ3n) is 5.37. The van der Waals surface area contributed by atoms with Crippen LogP contribution in [-0.2, 0) is 9.59 Å². The van der Waals surface area contributed by atoms with Gasteiger partial charge in [-0.2, -0.15) is 0 Å². The summed E-state index contributed by atoms with van der Waals surface area (Å²) < 4.78 is 11.4. The second-order valence-electron chi connectivity index (χ2n) is 7.30. The summed E-state index contributed by atoms with van der Waals surface area (Å²) in [5.74, 6) is 1.26. The zero-order valence-electron chi connectivity index (χ0n) is 15.8. The number of amides is 2. The molecule has 2 aromatic carbocycles. The first-order valence-corrected chi connectivity index (χ1v) is 9.63. The van der Waals surface area contributed by atoms with Crippen molar-refractivity contribution in [2.24, 2.45) is 0 Å². The average molecular weight is 380 g/mol. The Morgan fingerprint density at radius 2 is 1.89 bits per heavy atom. The summed E-state index contributed by atoms with van der Waals surface area (Å²) in [6, 6.07) is 17.0. The molecule has 1 fully saturated rings. The Balaban J connectivity index is 1.27.